The van der Waals surface area contributed by atoms with Crippen LogP contribution in [0.15, 0.2) is 47.6 Å². The molecule has 0 fully saturated rings. The van der Waals surface area contributed by atoms with Gasteiger partial charge in [0.2, 0.25) is 0 Å². The fourth-order valence-electron chi connectivity index (χ4n) is 2.06. The monoisotopic (exact) mass is 327 g/mol. The molecule has 0 bridgehead atoms. The van der Waals surface area contributed by atoms with Gasteiger partial charge in [-0.25, -0.2) is 5.43 Å². The summed E-state index contributed by atoms with van der Waals surface area (Å²) in [5.74, 6) is 1.03. The summed E-state index contributed by atoms with van der Waals surface area (Å²) in [4.78, 5) is 14.0. The standard InChI is InChI=1S/C18H21N3O3/c1-21(2)15-8-5-13(6-9-15)18(22)20-19-12-14-7-10-16(23-3)11-17(14)24-4/h5-12H,1-4H3,(H,20,22). The second-order valence-electron chi connectivity index (χ2n) is 5.25. The van der Waals surface area contributed by atoms with Gasteiger partial charge in [0.05, 0.1) is 20.4 Å². The van der Waals surface area contributed by atoms with Crippen molar-refractivity contribution >= 4 is 17.8 Å². The van der Waals surface area contributed by atoms with Gasteiger partial charge >= 0.3 is 0 Å². The van der Waals surface area contributed by atoms with E-state index in [0.29, 0.717) is 17.1 Å². The summed E-state index contributed by atoms with van der Waals surface area (Å²) < 4.78 is 10.4. The molecule has 6 nitrogen and oxygen atoms in total. The molecule has 24 heavy (non-hydrogen) atoms. The molecule has 126 valence electrons. The Balaban J connectivity index is 2.04. The van der Waals surface area contributed by atoms with E-state index in [0.717, 1.165) is 11.3 Å². The molecule has 1 N–H and O–H groups in total. The molecule has 0 radical (unpaired) electrons. The van der Waals surface area contributed by atoms with E-state index in [-0.39, 0.29) is 5.91 Å². The van der Waals surface area contributed by atoms with Crippen molar-refractivity contribution in [2.24, 2.45) is 5.10 Å². The first-order valence-electron chi connectivity index (χ1n) is 7.38. The molecule has 0 saturated heterocycles. The SMILES string of the molecule is COc1ccc(C=NNC(=O)c2ccc(N(C)C)cc2)c(OC)c1. The van der Waals surface area contributed by atoms with Crippen LogP contribution in [0.4, 0.5) is 5.69 Å². The Morgan fingerprint density at radius 3 is 2.38 bits per heavy atom. The molecule has 0 unspecified atom stereocenters. The van der Waals surface area contributed by atoms with Crippen LogP contribution in [0.5, 0.6) is 11.5 Å². The quantitative estimate of drug-likeness (QED) is 0.654. The van der Waals surface area contributed by atoms with Crippen molar-refractivity contribution in [2.45, 2.75) is 0 Å². The molecule has 0 aliphatic carbocycles. The lowest BCUT2D eigenvalue weighted by Gasteiger charge is -2.12. The summed E-state index contributed by atoms with van der Waals surface area (Å²) in [7, 11) is 7.05. The summed E-state index contributed by atoms with van der Waals surface area (Å²) in [6.07, 6.45) is 1.53. The first-order valence-corrected chi connectivity index (χ1v) is 7.38. The molecule has 0 aliphatic rings. The van der Waals surface area contributed by atoms with E-state index >= 15 is 0 Å². The summed E-state index contributed by atoms with van der Waals surface area (Å²) in [5, 5.41) is 3.98. The number of rotatable bonds is 6. The third-order valence-corrected chi connectivity index (χ3v) is 3.46. The molecule has 0 aliphatic heterocycles. The average molecular weight is 327 g/mol. The maximum Gasteiger partial charge on any atom is 0.271 e. The van der Waals surface area contributed by atoms with Crippen LogP contribution in [-0.4, -0.2) is 40.4 Å². The van der Waals surface area contributed by atoms with Gasteiger partial charge in [-0.1, -0.05) is 0 Å². The molecule has 2 rings (SSSR count). The Bertz CT molecular complexity index is 725. The number of ether oxygens (including phenoxy) is 2. The molecule has 2 aromatic rings. The van der Waals surface area contributed by atoms with Crippen molar-refractivity contribution in [3.63, 3.8) is 0 Å². The maximum absolute atomic E-state index is 12.1. The van der Waals surface area contributed by atoms with E-state index in [1.807, 2.05) is 31.1 Å². The highest BCUT2D eigenvalue weighted by Gasteiger charge is 2.06. The van der Waals surface area contributed by atoms with Gasteiger partial charge in [0.25, 0.3) is 5.91 Å². The highest BCUT2D eigenvalue weighted by molar-refractivity contribution is 5.95. The number of carbonyl (C=O) groups excluding carboxylic acids is 1. The van der Waals surface area contributed by atoms with Crippen molar-refractivity contribution in [1.82, 2.24) is 5.43 Å². The highest BCUT2D eigenvalue weighted by atomic mass is 16.5. The minimum atomic E-state index is -0.274. The fraction of sp³-hybridized carbons (Fsp3) is 0.222. The van der Waals surface area contributed by atoms with Gasteiger partial charge in [0.1, 0.15) is 11.5 Å². The zero-order valence-corrected chi connectivity index (χ0v) is 14.2. The molecule has 0 heterocycles. The number of hydrogen-bond donors (Lipinski definition) is 1. The molecule has 2 aromatic carbocycles. The number of amides is 1. The Morgan fingerprint density at radius 1 is 1.08 bits per heavy atom. The van der Waals surface area contributed by atoms with Crippen LogP contribution in [0.2, 0.25) is 0 Å². The van der Waals surface area contributed by atoms with Gasteiger partial charge in [-0.05, 0) is 36.4 Å². The summed E-state index contributed by atoms with van der Waals surface area (Å²) in [6.45, 7) is 0. The lowest BCUT2D eigenvalue weighted by molar-refractivity contribution is 0.0955. The van der Waals surface area contributed by atoms with E-state index in [4.69, 9.17) is 9.47 Å². The number of benzene rings is 2. The van der Waals surface area contributed by atoms with Gasteiger partial charge < -0.3 is 14.4 Å². The molecular weight excluding hydrogens is 306 g/mol. The maximum atomic E-state index is 12.1. The number of hydrogen-bond acceptors (Lipinski definition) is 5. The predicted octanol–water partition coefficient (Wildman–Crippen LogP) is 2.53. The first kappa shape index (κ1) is 17.3. The zero-order chi connectivity index (χ0) is 17.5. The summed E-state index contributed by atoms with van der Waals surface area (Å²) >= 11 is 0. The van der Waals surface area contributed by atoms with E-state index < -0.39 is 0 Å². The number of nitrogens with one attached hydrogen (secondary N) is 1. The molecule has 0 saturated carbocycles. The fourth-order valence-corrected chi connectivity index (χ4v) is 2.06. The van der Waals surface area contributed by atoms with Crippen LogP contribution in [0.25, 0.3) is 0 Å². The average Bonchev–Trinajstić information content (AvgIpc) is 2.61. The van der Waals surface area contributed by atoms with Crippen LogP contribution in [0.1, 0.15) is 15.9 Å². The molecule has 0 atom stereocenters. The van der Waals surface area contributed by atoms with Gasteiger partial charge in [0, 0.05) is 37.0 Å². The van der Waals surface area contributed by atoms with Crippen LogP contribution in [0, 0.1) is 0 Å². The molecule has 1 amide bonds. The number of hydrazone groups is 1. The van der Waals surface area contributed by atoms with E-state index in [1.165, 1.54) is 6.21 Å². The minimum absolute atomic E-state index is 0.274. The minimum Gasteiger partial charge on any atom is -0.497 e. The smallest absolute Gasteiger partial charge is 0.271 e. The van der Waals surface area contributed by atoms with Crippen molar-refractivity contribution < 1.29 is 14.3 Å². The third kappa shape index (κ3) is 4.25. The van der Waals surface area contributed by atoms with E-state index in [2.05, 4.69) is 10.5 Å². The number of anilines is 1. The van der Waals surface area contributed by atoms with Gasteiger partial charge in [-0.2, -0.15) is 5.10 Å². The van der Waals surface area contributed by atoms with Gasteiger partial charge in [-0.15, -0.1) is 0 Å². The summed E-state index contributed by atoms with van der Waals surface area (Å²) in [6, 6.07) is 12.6. The Kier molecular flexibility index (Phi) is 5.78. The van der Waals surface area contributed by atoms with Crippen molar-refractivity contribution in [2.75, 3.05) is 33.2 Å². The Hall–Kier alpha value is -3.02. The first-order chi connectivity index (χ1) is 11.5. The van der Waals surface area contributed by atoms with Crippen molar-refractivity contribution in [3.05, 3.63) is 53.6 Å². The van der Waals surface area contributed by atoms with Crippen LogP contribution < -0.4 is 19.8 Å². The largest absolute Gasteiger partial charge is 0.497 e. The van der Waals surface area contributed by atoms with Crippen LogP contribution in [-0.2, 0) is 0 Å². The van der Waals surface area contributed by atoms with E-state index in [1.54, 1.807) is 44.6 Å². The van der Waals surface area contributed by atoms with Crippen molar-refractivity contribution in [3.8, 4) is 11.5 Å². The van der Waals surface area contributed by atoms with Crippen molar-refractivity contribution in [1.29, 1.82) is 0 Å². The predicted molar refractivity (Wildman–Crippen MR) is 95.4 cm³/mol. The third-order valence-electron chi connectivity index (χ3n) is 3.46. The van der Waals surface area contributed by atoms with Crippen LogP contribution >= 0.6 is 0 Å². The summed E-state index contributed by atoms with van der Waals surface area (Å²) in [5.41, 5.74) is 4.81. The Labute approximate surface area is 141 Å². The lowest BCUT2D eigenvalue weighted by atomic mass is 10.2. The lowest BCUT2D eigenvalue weighted by Crippen LogP contribution is -2.18. The van der Waals surface area contributed by atoms with Gasteiger partial charge in [-0.3, -0.25) is 4.79 Å². The molecule has 0 spiro atoms. The highest BCUT2D eigenvalue weighted by Crippen LogP contribution is 2.23. The second-order valence-corrected chi connectivity index (χ2v) is 5.25. The van der Waals surface area contributed by atoms with Gasteiger partial charge in [0.15, 0.2) is 0 Å². The number of nitrogens with zero attached hydrogens (tertiary/aromatic N) is 2. The second kappa shape index (κ2) is 8.01. The molecule has 0 aromatic heterocycles. The molecular formula is C18H21N3O3. The number of carbonyl (C=O) groups is 1. The normalized spacial score (nSPS) is 10.5. The zero-order valence-electron chi connectivity index (χ0n) is 14.2. The topological polar surface area (TPSA) is 63.2 Å². The van der Waals surface area contributed by atoms with Crippen LogP contribution in [0.3, 0.4) is 0 Å². The Morgan fingerprint density at radius 2 is 1.79 bits per heavy atom. The van der Waals surface area contributed by atoms with E-state index in [9.17, 15) is 4.79 Å². The number of methoxy groups -OCH3 is 2. The molecule has 6 heteroatoms.